The smallest absolute Gasteiger partial charge is 0.328 e. The third kappa shape index (κ3) is 3.43. The summed E-state index contributed by atoms with van der Waals surface area (Å²) in [6, 6.07) is 13.2. The van der Waals surface area contributed by atoms with E-state index < -0.39 is 16.3 Å². The van der Waals surface area contributed by atoms with Crippen LogP contribution in [0.2, 0.25) is 0 Å². The zero-order valence-electron chi connectivity index (χ0n) is 11.9. The van der Waals surface area contributed by atoms with Crippen LogP contribution in [-0.4, -0.2) is 17.5 Å². The van der Waals surface area contributed by atoms with Crippen LogP contribution in [0, 0.1) is 10.1 Å². The number of halogens is 1. The van der Waals surface area contributed by atoms with Crippen LogP contribution in [0.15, 0.2) is 48.5 Å². The Hall–Kier alpha value is -2.40. The number of hydrogen-bond donors (Lipinski definition) is 0. The fourth-order valence-corrected chi connectivity index (χ4v) is 2.27. The first-order chi connectivity index (χ1) is 10.5. The quantitative estimate of drug-likeness (QED) is 0.360. The molecule has 2 rings (SSSR count). The van der Waals surface area contributed by atoms with Gasteiger partial charge in [0.2, 0.25) is 0 Å². The van der Waals surface area contributed by atoms with Crippen LogP contribution in [0.25, 0.3) is 11.1 Å². The Kier molecular flexibility index (Phi) is 5.12. The van der Waals surface area contributed by atoms with Crippen LogP contribution >= 0.6 is 11.6 Å². The molecular formula is C16H14ClNO4. The average molecular weight is 320 g/mol. The molecule has 0 aliphatic rings. The van der Waals surface area contributed by atoms with Crippen molar-refractivity contribution in [3.8, 4) is 11.1 Å². The molecule has 5 nitrogen and oxygen atoms in total. The summed E-state index contributed by atoms with van der Waals surface area (Å²) in [4.78, 5) is 22.2. The van der Waals surface area contributed by atoms with Crippen molar-refractivity contribution in [2.24, 2.45) is 0 Å². The average Bonchev–Trinajstić information content (AvgIpc) is 2.54. The van der Waals surface area contributed by atoms with Crippen molar-refractivity contribution in [2.75, 3.05) is 6.61 Å². The Balaban J connectivity index is 2.30. The van der Waals surface area contributed by atoms with Crippen LogP contribution in [0.1, 0.15) is 17.9 Å². The molecule has 0 radical (unpaired) electrons. The van der Waals surface area contributed by atoms with Gasteiger partial charge >= 0.3 is 5.97 Å². The topological polar surface area (TPSA) is 69.4 Å². The highest BCUT2D eigenvalue weighted by Gasteiger charge is 2.19. The molecule has 0 spiro atoms. The fourth-order valence-electron chi connectivity index (χ4n) is 2.06. The van der Waals surface area contributed by atoms with Gasteiger partial charge in [-0.25, -0.2) is 0 Å². The first-order valence-corrected chi connectivity index (χ1v) is 7.12. The molecule has 1 unspecified atom stereocenters. The lowest BCUT2D eigenvalue weighted by atomic mass is 10.0. The molecule has 0 heterocycles. The predicted octanol–water partition coefficient (Wildman–Crippen LogP) is 4.10. The number of para-hydroxylation sites is 1. The monoisotopic (exact) mass is 319 g/mol. The summed E-state index contributed by atoms with van der Waals surface area (Å²) in [7, 11) is 0. The maximum absolute atomic E-state index is 11.6. The van der Waals surface area contributed by atoms with Gasteiger partial charge in [0.05, 0.1) is 17.1 Å². The van der Waals surface area contributed by atoms with Gasteiger partial charge in [-0.2, -0.15) is 0 Å². The van der Waals surface area contributed by atoms with E-state index in [4.69, 9.17) is 16.3 Å². The molecule has 6 heteroatoms. The molecule has 2 aromatic rings. The van der Waals surface area contributed by atoms with Crippen LogP contribution in [0.5, 0.6) is 0 Å². The number of nitrogens with zero attached hydrogens (tertiary/aromatic N) is 1. The SMILES string of the molecule is CCOC(=O)C(Cl)c1ccc(-c2ccccc2[N+](=O)[O-])cc1. The van der Waals surface area contributed by atoms with E-state index in [1.165, 1.54) is 6.07 Å². The standard InChI is InChI=1S/C16H14ClNO4/c1-2-22-16(19)15(17)12-9-7-11(8-10-12)13-5-3-4-6-14(13)18(20)21/h3-10,15H,2H2,1H3. The number of alkyl halides is 1. The molecule has 2 aromatic carbocycles. The summed E-state index contributed by atoms with van der Waals surface area (Å²) in [6.45, 7) is 1.97. The van der Waals surface area contributed by atoms with Gasteiger partial charge in [0.25, 0.3) is 5.69 Å². The summed E-state index contributed by atoms with van der Waals surface area (Å²) in [6.07, 6.45) is 0. The first-order valence-electron chi connectivity index (χ1n) is 6.69. The zero-order valence-corrected chi connectivity index (χ0v) is 12.6. The lowest BCUT2D eigenvalue weighted by Crippen LogP contribution is -2.10. The van der Waals surface area contributed by atoms with Crippen molar-refractivity contribution >= 4 is 23.3 Å². The lowest BCUT2D eigenvalue weighted by Gasteiger charge is -2.10. The Labute approximate surface area is 132 Å². The lowest BCUT2D eigenvalue weighted by molar-refractivity contribution is -0.384. The zero-order chi connectivity index (χ0) is 16.1. The third-order valence-corrected chi connectivity index (χ3v) is 3.54. The molecule has 0 saturated carbocycles. The maximum Gasteiger partial charge on any atom is 0.328 e. The minimum Gasteiger partial charge on any atom is -0.465 e. The van der Waals surface area contributed by atoms with Gasteiger partial charge in [0.15, 0.2) is 5.38 Å². The van der Waals surface area contributed by atoms with Crippen molar-refractivity contribution in [1.82, 2.24) is 0 Å². The minimum absolute atomic E-state index is 0.0306. The predicted molar refractivity (Wildman–Crippen MR) is 83.8 cm³/mol. The summed E-state index contributed by atoms with van der Waals surface area (Å²) in [5.41, 5.74) is 1.82. The second-order valence-electron chi connectivity index (χ2n) is 4.51. The van der Waals surface area contributed by atoms with E-state index in [1.54, 1.807) is 49.4 Å². The molecule has 0 aliphatic heterocycles. The highest BCUT2D eigenvalue weighted by Crippen LogP contribution is 2.31. The molecule has 0 aliphatic carbocycles. The Morgan fingerprint density at radius 2 is 1.86 bits per heavy atom. The van der Waals surface area contributed by atoms with Crippen molar-refractivity contribution in [2.45, 2.75) is 12.3 Å². The van der Waals surface area contributed by atoms with Gasteiger partial charge in [0.1, 0.15) is 0 Å². The van der Waals surface area contributed by atoms with Crippen LogP contribution in [-0.2, 0) is 9.53 Å². The number of hydrogen-bond acceptors (Lipinski definition) is 4. The van der Waals surface area contributed by atoms with Gasteiger partial charge in [-0.05, 0) is 24.1 Å². The van der Waals surface area contributed by atoms with E-state index in [0.717, 1.165) is 0 Å². The van der Waals surface area contributed by atoms with Gasteiger partial charge in [-0.1, -0.05) is 36.4 Å². The molecule has 1 atom stereocenters. The van der Waals surface area contributed by atoms with Gasteiger partial charge in [-0.15, -0.1) is 11.6 Å². The molecule has 22 heavy (non-hydrogen) atoms. The molecular weight excluding hydrogens is 306 g/mol. The van der Waals surface area contributed by atoms with Crippen LogP contribution < -0.4 is 0 Å². The summed E-state index contributed by atoms with van der Waals surface area (Å²) < 4.78 is 4.86. The number of rotatable bonds is 5. The van der Waals surface area contributed by atoms with Gasteiger partial charge in [-0.3, -0.25) is 14.9 Å². The molecule has 0 aromatic heterocycles. The summed E-state index contributed by atoms with van der Waals surface area (Å²) in [5, 5.41) is 10.2. The van der Waals surface area contributed by atoms with E-state index in [2.05, 4.69) is 0 Å². The highest BCUT2D eigenvalue weighted by molar-refractivity contribution is 6.29. The second-order valence-corrected chi connectivity index (χ2v) is 4.95. The fraction of sp³-hybridized carbons (Fsp3) is 0.188. The normalized spacial score (nSPS) is 11.7. The van der Waals surface area contributed by atoms with Crippen molar-refractivity contribution in [1.29, 1.82) is 0 Å². The summed E-state index contributed by atoms with van der Waals surface area (Å²) >= 11 is 6.03. The number of esters is 1. The summed E-state index contributed by atoms with van der Waals surface area (Å²) in [5.74, 6) is -0.511. The third-order valence-electron chi connectivity index (χ3n) is 3.11. The number of nitro groups is 1. The van der Waals surface area contributed by atoms with Crippen molar-refractivity contribution < 1.29 is 14.5 Å². The number of benzene rings is 2. The molecule has 0 N–H and O–H groups in total. The first kappa shape index (κ1) is 16.0. The van der Waals surface area contributed by atoms with Gasteiger partial charge < -0.3 is 4.74 Å². The van der Waals surface area contributed by atoms with Crippen LogP contribution in [0.4, 0.5) is 5.69 Å². The van der Waals surface area contributed by atoms with Crippen molar-refractivity contribution in [3.63, 3.8) is 0 Å². The molecule has 0 bridgehead atoms. The van der Waals surface area contributed by atoms with E-state index in [9.17, 15) is 14.9 Å². The Bertz CT molecular complexity index is 685. The van der Waals surface area contributed by atoms with Gasteiger partial charge in [0, 0.05) is 6.07 Å². The highest BCUT2D eigenvalue weighted by atomic mass is 35.5. The number of nitro benzene ring substituents is 1. The van der Waals surface area contributed by atoms with E-state index in [1.807, 2.05) is 0 Å². The Morgan fingerprint density at radius 1 is 1.23 bits per heavy atom. The van der Waals surface area contributed by atoms with Crippen LogP contribution in [0.3, 0.4) is 0 Å². The van der Waals surface area contributed by atoms with E-state index >= 15 is 0 Å². The molecule has 0 saturated heterocycles. The Morgan fingerprint density at radius 3 is 2.45 bits per heavy atom. The largest absolute Gasteiger partial charge is 0.465 e. The number of carbonyl (C=O) groups is 1. The number of ether oxygens (including phenoxy) is 1. The second kappa shape index (κ2) is 7.04. The van der Waals surface area contributed by atoms with E-state index in [0.29, 0.717) is 16.7 Å². The van der Waals surface area contributed by atoms with E-state index in [-0.39, 0.29) is 12.3 Å². The maximum atomic E-state index is 11.6. The molecule has 114 valence electrons. The molecule has 0 fully saturated rings. The van der Waals surface area contributed by atoms with Crippen molar-refractivity contribution in [3.05, 3.63) is 64.2 Å². The minimum atomic E-state index is -0.889. The number of carbonyl (C=O) groups excluding carboxylic acids is 1. The molecule has 0 amide bonds.